The Morgan fingerprint density at radius 1 is 0.880 bits per heavy atom. The second-order valence-electron chi connectivity index (χ2n) is 6.51. The smallest absolute Gasteiger partial charge is 0.262 e. The molecule has 0 saturated heterocycles. The van der Waals surface area contributed by atoms with Gasteiger partial charge in [0.2, 0.25) is 0 Å². The van der Waals surface area contributed by atoms with Crippen LogP contribution in [0.3, 0.4) is 0 Å². The van der Waals surface area contributed by atoms with Crippen LogP contribution in [0, 0.1) is 0 Å². The molecule has 4 heteroatoms. The Labute approximate surface area is 153 Å². The Kier molecular flexibility index (Phi) is 9.46. The van der Waals surface area contributed by atoms with Crippen LogP contribution >= 0.6 is 0 Å². The first-order valence-corrected chi connectivity index (χ1v) is 10.1. The third kappa shape index (κ3) is 9.42. The quantitative estimate of drug-likeness (QED) is 0.389. The highest BCUT2D eigenvalue weighted by molar-refractivity contribution is 7.86. The lowest BCUT2D eigenvalue weighted by atomic mass is 10.1. The monoisotopic (exact) mass is 362 g/mol. The molecule has 0 aromatic heterocycles. The van der Waals surface area contributed by atoms with E-state index in [1.807, 2.05) is 13.0 Å². The standard InChI is InChI=1S/C21H30O3S/c1-18(2)10-8-11-19(3)12-9-13-20(4)16-17-24-25(22,23)21-14-6-5-7-15-21/h5-7,10,12,14-16H,8-9,11,13,17H2,1-4H3. The molecule has 1 rings (SSSR count). The summed E-state index contributed by atoms with van der Waals surface area (Å²) in [5.41, 5.74) is 3.89. The number of benzene rings is 1. The molecule has 3 nitrogen and oxygen atoms in total. The summed E-state index contributed by atoms with van der Waals surface area (Å²) >= 11 is 0. The van der Waals surface area contributed by atoms with Crippen LogP contribution in [0.5, 0.6) is 0 Å². The first kappa shape index (κ1) is 21.4. The average molecular weight is 363 g/mol. The van der Waals surface area contributed by atoms with E-state index in [0.29, 0.717) is 0 Å². The molecule has 1 aromatic carbocycles. The van der Waals surface area contributed by atoms with Gasteiger partial charge in [-0.1, -0.05) is 53.1 Å². The van der Waals surface area contributed by atoms with Crippen LogP contribution in [0.1, 0.15) is 53.4 Å². The second-order valence-corrected chi connectivity index (χ2v) is 8.13. The molecular weight excluding hydrogens is 332 g/mol. The minimum Gasteiger partial charge on any atom is -0.262 e. The normalized spacial score (nSPS) is 13.0. The van der Waals surface area contributed by atoms with E-state index in [-0.39, 0.29) is 11.5 Å². The van der Waals surface area contributed by atoms with Crippen LogP contribution in [0.4, 0.5) is 0 Å². The highest BCUT2D eigenvalue weighted by Gasteiger charge is 2.13. The Balaban J connectivity index is 2.38. The number of rotatable bonds is 10. The van der Waals surface area contributed by atoms with Gasteiger partial charge in [0, 0.05) is 0 Å². The van der Waals surface area contributed by atoms with Crippen molar-refractivity contribution in [2.24, 2.45) is 0 Å². The largest absolute Gasteiger partial charge is 0.297 e. The highest BCUT2D eigenvalue weighted by atomic mass is 32.2. The van der Waals surface area contributed by atoms with Gasteiger partial charge in [-0.3, -0.25) is 4.18 Å². The molecule has 0 aliphatic carbocycles. The summed E-state index contributed by atoms with van der Waals surface area (Å²) in [5.74, 6) is 0. The van der Waals surface area contributed by atoms with Crippen molar-refractivity contribution in [3.63, 3.8) is 0 Å². The van der Waals surface area contributed by atoms with E-state index >= 15 is 0 Å². The van der Waals surface area contributed by atoms with Crippen molar-refractivity contribution >= 4 is 10.1 Å². The van der Waals surface area contributed by atoms with Gasteiger partial charge in [-0.05, 0) is 65.5 Å². The molecular formula is C21H30O3S. The van der Waals surface area contributed by atoms with E-state index in [1.54, 1.807) is 18.2 Å². The lowest BCUT2D eigenvalue weighted by Gasteiger charge is -2.04. The molecule has 0 amide bonds. The molecule has 0 fully saturated rings. The van der Waals surface area contributed by atoms with Gasteiger partial charge in [0.1, 0.15) is 0 Å². The summed E-state index contributed by atoms with van der Waals surface area (Å²) in [6, 6.07) is 8.22. The van der Waals surface area contributed by atoms with Crippen molar-refractivity contribution in [1.29, 1.82) is 0 Å². The maximum absolute atomic E-state index is 12.0. The summed E-state index contributed by atoms with van der Waals surface area (Å²) in [5, 5.41) is 0. The summed E-state index contributed by atoms with van der Waals surface area (Å²) in [7, 11) is -3.67. The van der Waals surface area contributed by atoms with E-state index in [0.717, 1.165) is 31.3 Å². The third-order valence-electron chi connectivity index (χ3n) is 3.81. The Morgan fingerprint density at radius 3 is 2.04 bits per heavy atom. The van der Waals surface area contributed by atoms with Crippen molar-refractivity contribution in [2.75, 3.05) is 6.61 Å². The van der Waals surface area contributed by atoms with E-state index < -0.39 is 10.1 Å². The van der Waals surface area contributed by atoms with Gasteiger partial charge in [0.15, 0.2) is 0 Å². The van der Waals surface area contributed by atoms with Gasteiger partial charge < -0.3 is 0 Å². The van der Waals surface area contributed by atoms with Crippen LogP contribution in [-0.2, 0) is 14.3 Å². The van der Waals surface area contributed by atoms with Crippen molar-refractivity contribution in [3.05, 3.63) is 65.3 Å². The minimum atomic E-state index is -3.67. The lowest BCUT2D eigenvalue weighted by Crippen LogP contribution is -2.06. The second kappa shape index (κ2) is 11.1. The molecule has 1 aromatic rings. The fourth-order valence-corrected chi connectivity index (χ4v) is 3.13. The van der Waals surface area contributed by atoms with Crippen LogP contribution in [0.2, 0.25) is 0 Å². The molecule has 25 heavy (non-hydrogen) atoms. The maximum Gasteiger partial charge on any atom is 0.297 e. The summed E-state index contributed by atoms with van der Waals surface area (Å²) in [6.45, 7) is 8.48. The molecule has 0 saturated carbocycles. The van der Waals surface area contributed by atoms with E-state index in [4.69, 9.17) is 4.18 Å². The molecule has 0 N–H and O–H groups in total. The van der Waals surface area contributed by atoms with Crippen LogP contribution in [0.15, 0.2) is 70.2 Å². The Morgan fingerprint density at radius 2 is 1.44 bits per heavy atom. The zero-order valence-corrected chi connectivity index (χ0v) is 16.6. The van der Waals surface area contributed by atoms with E-state index in [2.05, 4.69) is 32.9 Å². The van der Waals surface area contributed by atoms with Crippen LogP contribution in [0.25, 0.3) is 0 Å². The third-order valence-corrected chi connectivity index (χ3v) is 5.11. The number of hydrogen-bond acceptors (Lipinski definition) is 3. The molecule has 0 radical (unpaired) electrons. The Hall–Kier alpha value is -1.65. The fraction of sp³-hybridized carbons (Fsp3) is 0.429. The maximum atomic E-state index is 12.0. The van der Waals surface area contributed by atoms with Gasteiger partial charge >= 0.3 is 0 Å². The molecule has 0 bridgehead atoms. The average Bonchev–Trinajstić information content (AvgIpc) is 2.55. The van der Waals surface area contributed by atoms with Crippen LogP contribution in [-0.4, -0.2) is 15.0 Å². The lowest BCUT2D eigenvalue weighted by molar-refractivity contribution is 0.356. The number of hydrogen-bond donors (Lipinski definition) is 0. The first-order valence-electron chi connectivity index (χ1n) is 8.70. The summed E-state index contributed by atoms with van der Waals surface area (Å²) < 4.78 is 29.1. The Bertz CT molecular complexity index is 707. The summed E-state index contributed by atoms with van der Waals surface area (Å²) in [6.07, 6.45) is 10.4. The van der Waals surface area contributed by atoms with Gasteiger partial charge in [0.05, 0.1) is 11.5 Å². The van der Waals surface area contributed by atoms with Gasteiger partial charge in [-0.25, -0.2) is 0 Å². The topological polar surface area (TPSA) is 43.4 Å². The van der Waals surface area contributed by atoms with E-state index in [1.165, 1.54) is 23.3 Å². The highest BCUT2D eigenvalue weighted by Crippen LogP contribution is 2.13. The zero-order chi connectivity index (χ0) is 18.7. The van der Waals surface area contributed by atoms with Crippen molar-refractivity contribution in [2.45, 2.75) is 58.3 Å². The number of allylic oxidation sites excluding steroid dienone is 5. The minimum absolute atomic E-state index is 0.0757. The molecule has 0 unspecified atom stereocenters. The molecule has 0 aliphatic rings. The van der Waals surface area contributed by atoms with Gasteiger partial charge in [0.25, 0.3) is 10.1 Å². The van der Waals surface area contributed by atoms with Crippen molar-refractivity contribution < 1.29 is 12.6 Å². The SMILES string of the molecule is CC(C)=CCCC(C)=CCCC(C)=CCOS(=O)(=O)c1ccccc1. The molecule has 0 atom stereocenters. The van der Waals surface area contributed by atoms with Gasteiger partial charge in [-0.2, -0.15) is 8.42 Å². The summed E-state index contributed by atoms with van der Waals surface area (Å²) in [4.78, 5) is 0.191. The molecule has 0 heterocycles. The fourth-order valence-electron chi connectivity index (χ4n) is 2.26. The van der Waals surface area contributed by atoms with Crippen molar-refractivity contribution in [1.82, 2.24) is 0 Å². The molecule has 0 spiro atoms. The predicted octanol–water partition coefficient (Wildman–Crippen LogP) is 5.81. The van der Waals surface area contributed by atoms with E-state index in [9.17, 15) is 8.42 Å². The van der Waals surface area contributed by atoms with Gasteiger partial charge in [-0.15, -0.1) is 0 Å². The van der Waals surface area contributed by atoms with Crippen LogP contribution < -0.4 is 0 Å². The molecule has 138 valence electrons. The molecule has 0 aliphatic heterocycles. The first-order chi connectivity index (χ1) is 11.8. The zero-order valence-electron chi connectivity index (χ0n) is 15.8. The predicted molar refractivity (Wildman–Crippen MR) is 105 cm³/mol. The van der Waals surface area contributed by atoms with Crippen molar-refractivity contribution in [3.8, 4) is 0 Å².